The Balaban J connectivity index is 2.33. The predicted molar refractivity (Wildman–Crippen MR) is 101 cm³/mol. The molecule has 0 fully saturated rings. The van der Waals surface area contributed by atoms with Gasteiger partial charge in [-0.15, -0.1) is 0 Å². The lowest BCUT2D eigenvalue weighted by atomic mass is 10.3. The fourth-order valence-electron chi connectivity index (χ4n) is 1.85. The van der Waals surface area contributed by atoms with Gasteiger partial charge < -0.3 is 19.7 Å². The van der Waals surface area contributed by atoms with E-state index in [0.717, 1.165) is 11.4 Å². The fourth-order valence-corrected chi connectivity index (χ4v) is 5.45. The largest absolute Gasteiger partial charge is 0.462 e. The van der Waals surface area contributed by atoms with Gasteiger partial charge in [-0.2, -0.15) is 0 Å². The molecule has 154 valence electrons. The Morgan fingerprint density at radius 3 is 2.78 bits per heavy atom. The SMILES string of the molecule is COCC(CO)OP(=O)(OCCO)SCCCCOC(=O)c1cccnc1. The van der Waals surface area contributed by atoms with Gasteiger partial charge in [0, 0.05) is 25.3 Å². The van der Waals surface area contributed by atoms with Crippen molar-refractivity contribution in [2.24, 2.45) is 0 Å². The van der Waals surface area contributed by atoms with Crippen molar-refractivity contribution in [3.05, 3.63) is 30.1 Å². The molecule has 1 rings (SSSR count). The van der Waals surface area contributed by atoms with Crippen LogP contribution in [0.25, 0.3) is 0 Å². The molecule has 0 aliphatic rings. The summed E-state index contributed by atoms with van der Waals surface area (Å²) in [4.78, 5) is 15.6. The molecule has 0 bridgehead atoms. The minimum atomic E-state index is -3.55. The monoisotopic (exact) mass is 423 g/mol. The van der Waals surface area contributed by atoms with Crippen LogP contribution in [0.1, 0.15) is 23.2 Å². The zero-order chi connectivity index (χ0) is 20.0. The number of unbranched alkanes of at least 4 members (excludes halogenated alkanes) is 1. The van der Waals surface area contributed by atoms with Crippen LogP contribution < -0.4 is 0 Å². The van der Waals surface area contributed by atoms with Crippen molar-refractivity contribution in [1.82, 2.24) is 4.98 Å². The minimum Gasteiger partial charge on any atom is -0.462 e. The van der Waals surface area contributed by atoms with Gasteiger partial charge in [0.15, 0.2) is 0 Å². The van der Waals surface area contributed by atoms with Crippen LogP contribution in [0.2, 0.25) is 0 Å². The summed E-state index contributed by atoms with van der Waals surface area (Å²) in [6.07, 6.45) is 3.39. The van der Waals surface area contributed by atoms with Gasteiger partial charge in [-0.05, 0) is 36.4 Å². The Morgan fingerprint density at radius 2 is 2.15 bits per heavy atom. The third-order valence-corrected chi connectivity index (χ3v) is 7.01. The Morgan fingerprint density at radius 1 is 1.33 bits per heavy atom. The highest BCUT2D eigenvalue weighted by Gasteiger charge is 2.29. The number of aliphatic hydroxyl groups is 2. The summed E-state index contributed by atoms with van der Waals surface area (Å²) >= 11 is 0.971. The number of hydrogen-bond donors (Lipinski definition) is 2. The molecule has 27 heavy (non-hydrogen) atoms. The van der Waals surface area contributed by atoms with Crippen molar-refractivity contribution in [2.75, 3.05) is 45.9 Å². The highest BCUT2D eigenvalue weighted by atomic mass is 32.7. The van der Waals surface area contributed by atoms with Gasteiger partial charge in [-0.25, -0.2) is 9.36 Å². The molecule has 1 heterocycles. The van der Waals surface area contributed by atoms with Crippen LogP contribution in [0.4, 0.5) is 0 Å². The van der Waals surface area contributed by atoms with Crippen molar-refractivity contribution in [3.8, 4) is 0 Å². The van der Waals surface area contributed by atoms with Crippen LogP contribution in [0.15, 0.2) is 24.5 Å². The van der Waals surface area contributed by atoms with E-state index in [4.69, 9.17) is 23.6 Å². The molecular formula is C16H26NO8PS. The number of esters is 1. The summed E-state index contributed by atoms with van der Waals surface area (Å²) in [5.74, 6) is -0.0143. The lowest BCUT2D eigenvalue weighted by molar-refractivity contribution is 0.0318. The Kier molecular flexibility index (Phi) is 12.5. The molecule has 0 amide bonds. The Bertz CT molecular complexity index is 577. The second-order valence-electron chi connectivity index (χ2n) is 5.29. The molecule has 9 nitrogen and oxygen atoms in total. The van der Waals surface area contributed by atoms with Gasteiger partial charge in [0.25, 0.3) is 0 Å². The van der Waals surface area contributed by atoms with Crippen LogP contribution in [0.5, 0.6) is 0 Å². The molecule has 0 aromatic carbocycles. The first-order valence-electron chi connectivity index (χ1n) is 8.40. The molecule has 0 spiro atoms. The third-order valence-electron chi connectivity index (χ3n) is 3.09. The quantitative estimate of drug-likeness (QED) is 0.245. The van der Waals surface area contributed by atoms with E-state index in [1.807, 2.05) is 0 Å². The molecule has 0 aliphatic carbocycles. The maximum absolute atomic E-state index is 12.7. The summed E-state index contributed by atoms with van der Waals surface area (Å²) in [6, 6.07) is 3.27. The molecule has 11 heteroatoms. The van der Waals surface area contributed by atoms with Crippen molar-refractivity contribution >= 4 is 24.1 Å². The average molecular weight is 423 g/mol. The van der Waals surface area contributed by atoms with E-state index in [1.54, 1.807) is 18.3 Å². The smallest absolute Gasteiger partial charge is 0.389 e. The number of rotatable bonds is 15. The van der Waals surface area contributed by atoms with Crippen molar-refractivity contribution in [2.45, 2.75) is 18.9 Å². The van der Waals surface area contributed by atoms with E-state index in [0.29, 0.717) is 24.2 Å². The Hall–Kier alpha value is -1.00. The number of ether oxygens (including phenoxy) is 2. The van der Waals surface area contributed by atoms with Gasteiger partial charge in [0.05, 0.1) is 38.6 Å². The van der Waals surface area contributed by atoms with Crippen LogP contribution in [-0.2, 0) is 23.1 Å². The first-order valence-corrected chi connectivity index (χ1v) is 11.5. The van der Waals surface area contributed by atoms with Crippen molar-refractivity contribution in [3.63, 3.8) is 0 Å². The number of carbonyl (C=O) groups is 1. The van der Waals surface area contributed by atoms with Gasteiger partial charge in [0.1, 0.15) is 6.10 Å². The number of aliphatic hydroxyl groups excluding tert-OH is 2. The lowest BCUT2D eigenvalue weighted by Gasteiger charge is -2.22. The third kappa shape index (κ3) is 10.2. The number of aromatic nitrogens is 1. The summed E-state index contributed by atoms with van der Waals surface area (Å²) in [5.41, 5.74) is 0.385. The zero-order valence-electron chi connectivity index (χ0n) is 15.2. The van der Waals surface area contributed by atoms with Gasteiger partial charge in [0.2, 0.25) is 0 Å². The first kappa shape index (κ1) is 24.0. The molecule has 2 unspecified atom stereocenters. The number of methoxy groups -OCH3 is 1. The second kappa shape index (κ2) is 14.1. The molecule has 0 aliphatic heterocycles. The molecule has 0 saturated heterocycles. The van der Waals surface area contributed by atoms with Gasteiger partial charge >= 0.3 is 12.8 Å². The maximum Gasteiger partial charge on any atom is 0.389 e. The molecule has 1 aromatic rings. The highest BCUT2D eigenvalue weighted by Crippen LogP contribution is 2.61. The summed E-state index contributed by atoms with van der Waals surface area (Å²) < 4.78 is 33.2. The van der Waals surface area contributed by atoms with Crippen molar-refractivity contribution in [1.29, 1.82) is 0 Å². The topological polar surface area (TPSA) is 124 Å². The molecule has 0 radical (unpaired) electrons. The molecular weight excluding hydrogens is 397 g/mol. The molecule has 2 atom stereocenters. The van der Waals surface area contributed by atoms with E-state index in [-0.39, 0.29) is 33.0 Å². The number of carbonyl (C=O) groups excluding carboxylic acids is 1. The maximum atomic E-state index is 12.7. The van der Waals surface area contributed by atoms with E-state index >= 15 is 0 Å². The van der Waals surface area contributed by atoms with Crippen LogP contribution in [-0.4, -0.2) is 73.2 Å². The number of nitrogens with zero attached hydrogens (tertiary/aromatic N) is 1. The predicted octanol–water partition coefficient (Wildman–Crippen LogP) is 1.89. The van der Waals surface area contributed by atoms with Gasteiger partial charge in [-0.3, -0.25) is 14.0 Å². The highest BCUT2D eigenvalue weighted by molar-refractivity contribution is 8.55. The molecule has 0 saturated carbocycles. The average Bonchev–Trinajstić information content (AvgIpc) is 2.69. The fraction of sp³-hybridized carbons (Fsp3) is 0.625. The summed E-state index contributed by atoms with van der Waals surface area (Å²) in [7, 11) is 1.44. The standard InChI is InChI=1S/C16H26NO8PS/c1-22-13-15(12-19)25-26(21,24-9-7-18)27-10-3-2-8-23-16(20)14-5-4-6-17-11-14/h4-6,11,15,18-19H,2-3,7-10,12-13H2,1H3. The van der Waals surface area contributed by atoms with Gasteiger partial charge in [-0.1, -0.05) is 0 Å². The van der Waals surface area contributed by atoms with E-state index in [1.165, 1.54) is 13.3 Å². The van der Waals surface area contributed by atoms with Crippen LogP contribution in [0, 0.1) is 0 Å². The van der Waals surface area contributed by atoms with Crippen molar-refractivity contribution < 1.29 is 38.1 Å². The minimum absolute atomic E-state index is 0.0633. The number of hydrogen-bond acceptors (Lipinski definition) is 10. The van der Waals surface area contributed by atoms with E-state index in [2.05, 4.69) is 4.98 Å². The number of pyridine rings is 1. The summed E-state index contributed by atoms with van der Waals surface area (Å²) in [6.45, 7) is -4.08. The zero-order valence-corrected chi connectivity index (χ0v) is 16.9. The second-order valence-corrected chi connectivity index (χ2v) is 9.43. The van der Waals surface area contributed by atoms with E-state index in [9.17, 15) is 14.5 Å². The van der Waals surface area contributed by atoms with Crippen LogP contribution in [0.3, 0.4) is 0 Å². The molecule has 1 aromatic heterocycles. The van der Waals surface area contributed by atoms with Crippen LogP contribution >= 0.6 is 18.2 Å². The van der Waals surface area contributed by atoms with E-state index < -0.39 is 18.9 Å². The Labute approximate surface area is 162 Å². The molecule has 2 N–H and O–H groups in total. The lowest BCUT2D eigenvalue weighted by Crippen LogP contribution is -2.22. The normalized spacial score (nSPS) is 14.5. The first-order chi connectivity index (χ1) is 13.0. The summed E-state index contributed by atoms with van der Waals surface area (Å²) in [5, 5.41) is 18.1.